The van der Waals surface area contributed by atoms with Gasteiger partial charge in [-0.3, -0.25) is 19.6 Å². The van der Waals surface area contributed by atoms with Gasteiger partial charge in [0, 0.05) is 24.6 Å². The Labute approximate surface area is 150 Å². The third kappa shape index (κ3) is 5.35. The molecule has 0 aliphatic heterocycles. The van der Waals surface area contributed by atoms with Crippen LogP contribution in [-0.2, 0) is 9.59 Å². The molecule has 0 saturated heterocycles. The monoisotopic (exact) mass is 357 g/mol. The summed E-state index contributed by atoms with van der Waals surface area (Å²) in [6, 6.07) is 6.11. The van der Waals surface area contributed by atoms with Crippen molar-refractivity contribution in [2.24, 2.45) is 0 Å². The largest absolute Gasteiger partial charge is 0.395 e. The Morgan fingerprint density at radius 3 is 2.31 bits per heavy atom. The number of rotatable bonds is 5. The van der Waals surface area contributed by atoms with Crippen molar-refractivity contribution >= 4 is 17.7 Å². The molecular formula is C18H19N3O5. The zero-order valence-electron chi connectivity index (χ0n) is 14.3. The number of hydroxylamine groups is 1. The van der Waals surface area contributed by atoms with Crippen LogP contribution in [0.3, 0.4) is 0 Å². The van der Waals surface area contributed by atoms with E-state index in [9.17, 15) is 14.4 Å². The van der Waals surface area contributed by atoms with Crippen LogP contribution in [0.15, 0.2) is 24.3 Å². The van der Waals surface area contributed by atoms with Crippen LogP contribution in [0.4, 0.5) is 0 Å². The van der Waals surface area contributed by atoms with Gasteiger partial charge in [0.25, 0.3) is 17.7 Å². The lowest BCUT2D eigenvalue weighted by Gasteiger charge is -2.26. The first-order valence-corrected chi connectivity index (χ1v) is 7.58. The van der Waals surface area contributed by atoms with Crippen LogP contribution in [0.1, 0.15) is 29.3 Å². The van der Waals surface area contributed by atoms with E-state index in [-0.39, 0.29) is 12.2 Å². The number of carbonyl (C=O) groups excluding carboxylic acids is 3. The van der Waals surface area contributed by atoms with Gasteiger partial charge in [-0.05, 0) is 43.0 Å². The second kappa shape index (κ2) is 9.84. The fourth-order valence-electron chi connectivity index (χ4n) is 1.85. The van der Waals surface area contributed by atoms with Crippen molar-refractivity contribution in [3.8, 4) is 23.7 Å². The second-order valence-corrected chi connectivity index (χ2v) is 5.20. The summed E-state index contributed by atoms with van der Waals surface area (Å²) in [5, 5.41) is 21.9. The number of hydrogen-bond donors (Lipinski definition) is 5. The molecule has 1 rings (SSSR count). The van der Waals surface area contributed by atoms with Crippen molar-refractivity contribution in [2.45, 2.75) is 18.9 Å². The molecule has 1 aromatic carbocycles. The van der Waals surface area contributed by atoms with E-state index >= 15 is 0 Å². The van der Waals surface area contributed by atoms with Gasteiger partial charge in [0.1, 0.15) is 0 Å². The maximum absolute atomic E-state index is 12.3. The minimum Gasteiger partial charge on any atom is -0.395 e. The highest BCUT2D eigenvalue weighted by Crippen LogP contribution is 2.09. The summed E-state index contributed by atoms with van der Waals surface area (Å²) in [5.41, 5.74) is 0.188. The molecule has 0 spiro atoms. The van der Waals surface area contributed by atoms with Crippen molar-refractivity contribution in [1.29, 1.82) is 0 Å². The molecular weight excluding hydrogens is 338 g/mol. The maximum Gasteiger partial charge on any atom is 0.278 e. The highest BCUT2D eigenvalue weighted by Gasteiger charge is 2.42. The van der Waals surface area contributed by atoms with Gasteiger partial charge in [-0.25, -0.2) is 5.48 Å². The predicted molar refractivity (Wildman–Crippen MR) is 92.7 cm³/mol. The number of nitrogens with one attached hydrogen (secondary N) is 3. The minimum absolute atomic E-state index is 0.0260. The van der Waals surface area contributed by atoms with Gasteiger partial charge in [0.15, 0.2) is 5.54 Å². The first-order valence-electron chi connectivity index (χ1n) is 7.58. The average molecular weight is 357 g/mol. The van der Waals surface area contributed by atoms with Crippen molar-refractivity contribution < 1.29 is 24.7 Å². The third-order valence-electron chi connectivity index (χ3n) is 3.34. The lowest BCUT2D eigenvalue weighted by Crippen LogP contribution is -2.64. The van der Waals surface area contributed by atoms with Gasteiger partial charge in [-0.2, -0.15) is 0 Å². The molecule has 136 valence electrons. The van der Waals surface area contributed by atoms with E-state index in [1.54, 1.807) is 12.1 Å². The van der Waals surface area contributed by atoms with Gasteiger partial charge < -0.3 is 15.7 Å². The molecule has 0 heterocycles. The van der Waals surface area contributed by atoms with Crippen molar-refractivity contribution in [2.75, 3.05) is 13.7 Å². The molecule has 0 fully saturated rings. The summed E-state index contributed by atoms with van der Waals surface area (Å²) >= 11 is 0. The molecule has 1 aromatic rings. The van der Waals surface area contributed by atoms with E-state index in [1.165, 1.54) is 31.6 Å². The number of amides is 3. The van der Waals surface area contributed by atoms with Crippen molar-refractivity contribution in [1.82, 2.24) is 16.1 Å². The standard InChI is InChI=1S/C18H19N3O5/c1-18(16(24)19-2,17(25)21-26)20-15(23)14-10-8-13(9-11-14)7-5-3-4-6-12-22/h8-11,22,26H,6,12H2,1-2H3,(H,19,24)(H,20,23)(H,21,25). The predicted octanol–water partition coefficient (Wildman–Crippen LogP) is -0.836. The lowest BCUT2D eigenvalue weighted by molar-refractivity contribution is -0.143. The smallest absolute Gasteiger partial charge is 0.278 e. The normalized spacial score (nSPS) is 11.5. The number of carbonyl (C=O) groups is 3. The van der Waals surface area contributed by atoms with Crippen LogP contribution >= 0.6 is 0 Å². The number of aliphatic hydroxyl groups excluding tert-OH is 1. The lowest BCUT2D eigenvalue weighted by atomic mass is 9.99. The van der Waals surface area contributed by atoms with Gasteiger partial charge in [0.2, 0.25) is 0 Å². The van der Waals surface area contributed by atoms with E-state index in [0.29, 0.717) is 12.0 Å². The van der Waals surface area contributed by atoms with Crippen LogP contribution < -0.4 is 16.1 Å². The molecule has 8 heteroatoms. The van der Waals surface area contributed by atoms with E-state index in [4.69, 9.17) is 10.3 Å². The Morgan fingerprint density at radius 2 is 1.77 bits per heavy atom. The molecule has 1 atom stereocenters. The summed E-state index contributed by atoms with van der Waals surface area (Å²) in [5.74, 6) is 8.08. The highest BCUT2D eigenvalue weighted by atomic mass is 16.5. The summed E-state index contributed by atoms with van der Waals surface area (Å²) in [7, 11) is 1.30. The molecule has 0 radical (unpaired) electrons. The Hall–Kier alpha value is -3.33. The molecule has 3 amide bonds. The second-order valence-electron chi connectivity index (χ2n) is 5.20. The summed E-state index contributed by atoms with van der Waals surface area (Å²) in [6.07, 6.45) is 0.347. The number of likely N-dealkylation sites (N-methyl/N-ethyl adjacent to an activating group) is 1. The Balaban J connectivity index is 2.92. The zero-order chi connectivity index (χ0) is 19.6. The van der Waals surface area contributed by atoms with E-state index < -0.39 is 23.3 Å². The molecule has 0 saturated carbocycles. The first kappa shape index (κ1) is 20.7. The molecule has 26 heavy (non-hydrogen) atoms. The maximum atomic E-state index is 12.3. The van der Waals surface area contributed by atoms with Crippen LogP contribution in [0.25, 0.3) is 0 Å². The number of aliphatic hydroxyl groups is 1. The van der Waals surface area contributed by atoms with E-state index in [1.807, 2.05) is 0 Å². The van der Waals surface area contributed by atoms with E-state index in [2.05, 4.69) is 34.3 Å². The molecule has 0 bridgehead atoms. The Kier molecular flexibility index (Phi) is 7.84. The van der Waals surface area contributed by atoms with Crippen LogP contribution in [0, 0.1) is 23.7 Å². The minimum atomic E-state index is -1.98. The average Bonchev–Trinajstić information content (AvgIpc) is 2.66. The quantitative estimate of drug-likeness (QED) is 0.203. The topological polar surface area (TPSA) is 128 Å². The number of hydrogen-bond acceptors (Lipinski definition) is 5. The molecule has 0 aromatic heterocycles. The zero-order valence-corrected chi connectivity index (χ0v) is 14.3. The third-order valence-corrected chi connectivity index (χ3v) is 3.34. The first-order chi connectivity index (χ1) is 12.4. The summed E-state index contributed by atoms with van der Waals surface area (Å²) in [4.78, 5) is 36.0. The molecule has 8 nitrogen and oxygen atoms in total. The van der Waals surface area contributed by atoms with Crippen LogP contribution in [0.2, 0.25) is 0 Å². The van der Waals surface area contributed by atoms with E-state index in [0.717, 1.165) is 0 Å². The molecule has 0 aliphatic rings. The Morgan fingerprint density at radius 1 is 1.12 bits per heavy atom. The van der Waals surface area contributed by atoms with Gasteiger partial charge in [-0.15, -0.1) is 0 Å². The SMILES string of the molecule is CNC(=O)C(C)(NC(=O)c1ccc(C#CC#CCCO)cc1)C(=O)NO. The summed E-state index contributed by atoms with van der Waals surface area (Å²) in [6.45, 7) is 1.14. The molecule has 0 aliphatic carbocycles. The fourth-order valence-corrected chi connectivity index (χ4v) is 1.85. The van der Waals surface area contributed by atoms with Gasteiger partial charge in [-0.1, -0.05) is 11.8 Å². The van der Waals surface area contributed by atoms with Gasteiger partial charge in [0.05, 0.1) is 6.61 Å². The highest BCUT2D eigenvalue weighted by molar-refractivity contribution is 6.12. The van der Waals surface area contributed by atoms with Crippen molar-refractivity contribution in [3.05, 3.63) is 35.4 Å². The molecule has 1 unspecified atom stereocenters. The summed E-state index contributed by atoms with van der Waals surface area (Å²) < 4.78 is 0. The molecule has 5 N–H and O–H groups in total. The van der Waals surface area contributed by atoms with Gasteiger partial charge >= 0.3 is 0 Å². The Bertz CT molecular complexity index is 778. The van der Waals surface area contributed by atoms with Crippen LogP contribution in [0.5, 0.6) is 0 Å². The number of benzene rings is 1. The van der Waals surface area contributed by atoms with Crippen molar-refractivity contribution in [3.63, 3.8) is 0 Å². The van der Waals surface area contributed by atoms with Crippen LogP contribution in [-0.4, -0.2) is 47.2 Å². The fraction of sp³-hybridized carbons (Fsp3) is 0.278.